The molecule has 0 bridgehead atoms. The number of anilines is 2. The minimum atomic E-state index is -1.14. The van der Waals surface area contributed by atoms with Gasteiger partial charge in [-0.2, -0.15) is 4.37 Å². The number of carbonyl (C=O) groups is 3. The molecule has 3 amide bonds. The van der Waals surface area contributed by atoms with Gasteiger partial charge in [-0.1, -0.05) is 24.3 Å². The van der Waals surface area contributed by atoms with Gasteiger partial charge in [0.2, 0.25) is 5.91 Å². The zero-order valence-corrected chi connectivity index (χ0v) is 22.2. The Bertz CT molecular complexity index is 1280. The molecule has 0 spiro atoms. The number of hydrogen-bond donors (Lipinski definition) is 3. The minimum Gasteiger partial charge on any atom is -0.497 e. The van der Waals surface area contributed by atoms with E-state index >= 15 is 0 Å². The van der Waals surface area contributed by atoms with Crippen molar-refractivity contribution in [3.63, 3.8) is 0 Å². The second-order valence-corrected chi connectivity index (χ2v) is 9.90. The van der Waals surface area contributed by atoms with E-state index in [1.807, 2.05) is 27.7 Å². The van der Waals surface area contributed by atoms with Gasteiger partial charge in [-0.25, -0.2) is 0 Å². The Morgan fingerprint density at radius 1 is 1.11 bits per heavy atom. The van der Waals surface area contributed by atoms with Crippen LogP contribution >= 0.6 is 11.5 Å². The van der Waals surface area contributed by atoms with Crippen LogP contribution in [0.5, 0.6) is 11.5 Å². The van der Waals surface area contributed by atoms with Crippen molar-refractivity contribution >= 4 is 40.6 Å². The Morgan fingerprint density at radius 3 is 2.30 bits per heavy atom. The number of nitrogens with zero attached hydrogens (tertiary/aromatic N) is 2. The fourth-order valence-corrected chi connectivity index (χ4v) is 4.42. The monoisotopic (exact) mass is 525 g/mol. The predicted octanol–water partition coefficient (Wildman–Crippen LogP) is 3.53. The van der Waals surface area contributed by atoms with Crippen LogP contribution in [0, 0.1) is 0 Å². The Morgan fingerprint density at radius 2 is 1.76 bits per heavy atom. The Balaban J connectivity index is 2.29. The molecule has 0 unspecified atom stereocenters. The molecule has 2 aromatic carbocycles. The van der Waals surface area contributed by atoms with Gasteiger partial charge in [-0.15, -0.1) is 0 Å². The topological polar surface area (TPSA) is 150 Å². The molecular weight excluding hydrogens is 494 g/mol. The third-order valence-electron chi connectivity index (χ3n) is 5.24. The molecule has 11 heteroatoms. The van der Waals surface area contributed by atoms with E-state index in [1.54, 1.807) is 48.5 Å². The molecule has 0 saturated carbocycles. The van der Waals surface area contributed by atoms with Crippen LogP contribution in [0.15, 0.2) is 48.5 Å². The van der Waals surface area contributed by atoms with Gasteiger partial charge in [0.25, 0.3) is 11.8 Å². The first kappa shape index (κ1) is 27.5. The maximum atomic E-state index is 14.2. The van der Waals surface area contributed by atoms with Crippen molar-refractivity contribution in [1.29, 1.82) is 0 Å². The van der Waals surface area contributed by atoms with E-state index in [0.717, 1.165) is 11.5 Å². The molecule has 37 heavy (non-hydrogen) atoms. The quantitative estimate of drug-likeness (QED) is 0.387. The number of para-hydroxylation sites is 2. The number of nitrogens with one attached hydrogen (secondary N) is 1. The maximum Gasteiger partial charge on any atom is 0.273 e. The summed E-state index contributed by atoms with van der Waals surface area (Å²) in [5, 5.41) is 2.97. The number of rotatable bonds is 9. The molecule has 5 N–H and O–H groups in total. The van der Waals surface area contributed by atoms with Crippen molar-refractivity contribution in [3.05, 3.63) is 64.7 Å². The van der Waals surface area contributed by atoms with Crippen LogP contribution in [0.4, 0.5) is 11.4 Å². The highest BCUT2D eigenvalue weighted by Gasteiger charge is 2.38. The van der Waals surface area contributed by atoms with Gasteiger partial charge in [-0.05, 0) is 69.1 Å². The van der Waals surface area contributed by atoms with Gasteiger partial charge >= 0.3 is 0 Å². The number of hydrogen-bond acceptors (Lipinski definition) is 8. The average Bonchev–Trinajstić information content (AvgIpc) is 3.23. The Kier molecular flexibility index (Phi) is 8.38. The summed E-state index contributed by atoms with van der Waals surface area (Å²) in [5.74, 6) is -0.955. The van der Waals surface area contributed by atoms with Crippen LogP contribution in [-0.2, 0) is 4.79 Å². The molecule has 196 valence electrons. The number of carbonyl (C=O) groups excluding carboxylic acids is 3. The summed E-state index contributed by atoms with van der Waals surface area (Å²) in [6.45, 7) is 7.68. The maximum absolute atomic E-state index is 14.2. The van der Waals surface area contributed by atoms with E-state index in [-0.39, 0.29) is 16.3 Å². The highest BCUT2D eigenvalue weighted by molar-refractivity contribution is 7.09. The van der Waals surface area contributed by atoms with Crippen molar-refractivity contribution in [2.75, 3.05) is 24.4 Å². The molecule has 0 aliphatic rings. The molecule has 1 heterocycles. The highest BCUT2D eigenvalue weighted by Crippen LogP contribution is 2.38. The predicted molar refractivity (Wildman–Crippen MR) is 143 cm³/mol. The molecule has 1 atom stereocenters. The Hall–Kier alpha value is -4.12. The third kappa shape index (κ3) is 6.18. The van der Waals surface area contributed by atoms with E-state index in [4.69, 9.17) is 20.9 Å². The lowest BCUT2D eigenvalue weighted by Gasteiger charge is -2.34. The fraction of sp³-hybridized carbons (Fsp3) is 0.308. The second-order valence-electron chi connectivity index (χ2n) is 9.13. The standard InChI is InChI=1S/C26H31N5O5S/c1-6-36-18-10-8-7-9-17(18)31(25(34)22-19(27)20(23(28)32)30-37-22)21(24(33)29-26(2,3)4)15-11-13-16(35-5)14-12-15/h7-14,21H,6,27H2,1-5H3,(H2,28,32)(H,29,33)/t21-/m0/s1. The van der Waals surface area contributed by atoms with Crippen LogP contribution in [0.25, 0.3) is 0 Å². The van der Waals surface area contributed by atoms with E-state index in [1.165, 1.54) is 12.0 Å². The number of nitrogens with two attached hydrogens (primary N) is 2. The van der Waals surface area contributed by atoms with Crippen molar-refractivity contribution in [2.45, 2.75) is 39.3 Å². The largest absolute Gasteiger partial charge is 0.497 e. The van der Waals surface area contributed by atoms with E-state index in [2.05, 4.69) is 9.69 Å². The molecule has 3 aromatic rings. The van der Waals surface area contributed by atoms with Crippen LogP contribution < -0.4 is 31.2 Å². The summed E-state index contributed by atoms with van der Waals surface area (Å²) in [5.41, 5.74) is 11.4. The van der Waals surface area contributed by atoms with Gasteiger partial charge in [0.1, 0.15) is 22.4 Å². The molecular formula is C26H31N5O5S. The van der Waals surface area contributed by atoms with Crippen molar-refractivity contribution in [1.82, 2.24) is 9.69 Å². The summed E-state index contributed by atoms with van der Waals surface area (Å²) in [7, 11) is 1.54. The summed E-state index contributed by atoms with van der Waals surface area (Å²) in [6.07, 6.45) is 0. The second kappa shape index (κ2) is 11.3. The summed E-state index contributed by atoms with van der Waals surface area (Å²) < 4.78 is 15.1. The van der Waals surface area contributed by atoms with Crippen LogP contribution in [0.1, 0.15) is 59.5 Å². The fourth-order valence-electron chi connectivity index (χ4n) is 3.68. The molecule has 1 aromatic heterocycles. The van der Waals surface area contributed by atoms with Crippen LogP contribution in [-0.4, -0.2) is 41.4 Å². The molecule has 10 nitrogen and oxygen atoms in total. The average molecular weight is 526 g/mol. The number of methoxy groups -OCH3 is 1. The summed E-state index contributed by atoms with van der Waals surface area (Å²) in [6, 6.07) is 12.6. The van der Waals surface area contributed by atoms with Gasteiger partial charge in [-0.3, -0.25) is 19.3 Å². The lowest BCUT2D eigenvalue weighted by Crippen LogP contribution is -2.49. The van der Waals surface area contributed by atoms with E-state index < -0.39 is 29.3 Å². The van der Waals surface area contributed by atoms with Gasteiger partial charge in [0, 0.05) is 5.54 Å². The minimum absolute atomic E-state index is 0.0258. The summed E-state index contributed by atoms with van der Waals surface area (Å²) in [4.78, 5) is 41.1. The number of ether oxygens (including phenoxy) is 2. The lowest BCUT2D eigenvalue weighted by molar-refractivity contribution is -0.123. The van der Waals surface area contributed by atoms with Crippen molar-refractivity contribution < 1.29 is 23.9 Å². The van der Waals surface area contributed by atoms with Crippen molar-refractivity contribution in [2.24, 2.45) is 5.73 Å². The Labute approximate surface area is 219 Å². The first-order valence-corrected chi connectivity index (χ1v) is 12.3. The molecule has 0 aliphatic carbocycles. The van der Waals surface area contributed by atoms with Crippen molar-refractivity contribution in [3.8, 4) is 11.5 Å². The van der Waals surface area contributed by atoms with Gasteiger partial charge < -0.3 is 26.3 Å². The zero-order valence-electron chi connectivity index (χ0n) is 21.4. The smallest absolute Gasteiger partial charge is 0.273 e. The normalized spacial score (nSPS) is 11.9. The van der Waals surface area contributed by atoms with Crippen LogP contribution in [0.3, 0.4) is 0 Å². The lowest BCUT2D eigenvalue weighted by atomic mass is 10.00. The van der Waals surface area contributed by atoms with Gasteiger partial charge in [0.15, 0.2) is 5.69 Å². The highest BCUT2D eigenvalue weighted by atomic mass is 32.1. The first-order chi connectivity index (χ1) is 17.5. The molecule has 0 fully saturated rings. The number of benzene rings is 2. The molecule has 0 saturated heterocycles. The molecule has 0 radical (unpaired) electrons. The zero-order chi connectivity index (χ0) is 27.3. The SMILES string of the molecule is CCOc1ccccc1N(C(=O)c1snc(C(N)=O)c1N)[C@H](C(=O)NC(C)(C)C)c1ccc(OC)cc1. The first-order valence-electron chi connectivity index (χ1n) is 11.5. The number of aromatic nitrogens is 1. The van der Waals surface area contributed by atoms with Crippen LogP contribution in [0.2, 0.25) is 0 Å². The number of nitrogen functional groups attached to an aromatic ring is 1. The van der Waals surface area contributed by atoms with Gasteiger partial charge in [0.05, 0.1) is 25.1 Å². The third-order valence-corrected chi connectivity index (χ3v) is 6.09. The summed E-state index contributed by atoms with van der Waals surface area (Å²) >= 11 is 0.739. The molecule has 0 aliphatic heterocycles. The molecule has 3 rings (SSSR count). The van der Waals surface area contributed by atoms with E-state index in [9.17, 15) is 14.4 Å². The number of amides is 3. The number of primary amides is 1. The van der Waals surface area contributed by atoms with E-state index in [0.29, 0.717) is 29.4 Å².